The number of carbonyl (C=O) groups excluding carboxylic acids is 3. The predicted octanol–water partition coefficient (Wildman–Crippen LogP) is 3.66. The Morgan fingerprint density at radius 3 is 2.30 bits per heavy atom. The Bertz CT molecular complexity index is 1430. The molecule has 0 atom stereocenters. The molecule has 0 N–H and O–H groups in total. The fraction of sp³-hybridized carbons (Fsp3) is 0.414. The van der Waals surface area contributed by atoms with Gasteiger partial charge in [0.25, 0.3) is 23.3 Å². The molecule has 1 aromatic heterocycles. The Morgan fingerprint density at radius 1 is 0.865 bits per heavy atom. The van der Waals surface area contributed by atoms with Crippen molar-refractivity contribution >= 4 is 28.6 Å². The lowest BCUT2D eigenvalue weighted by Gasteiger charge is -2.33. The highest BCUT2D eigenvalue weighted by Crippen LogP contribution is 2.27. The summed E-state index contributed by atoms with van der Waals surface area (Å²) in [5.74, 6) is 0.439. The van der Waals surface area contributed by atoms with E-state index in [1.54, 1.807) is 42.5 Å². The van der Waals surface area contributed by atoms with Crippen LogP contribution in [0, 0.1) is 5.92 Å². The number of likely N-dealkylation sites (tertiary alicyclic amines) is 1. The number of carbonyl (C=O) groups is 3. The Hall–Kier alpha value is -3.81. The number of aromatic nitrogens is 2. The van der Waals surface area contributed by atoms with Crippen LogP contribution in [-0.2, 0) is 13.0 Å². The third-order valence-corrected chi connectivity index (χ3v) is 8.03. The largest absolute Gasteiger partial charge is 0.339 e. The maximum Gasteiger partial charge on any atom is 0.261 e. The average molecular weight is 499 g/mol. The zero-order chi connectivity index (χ0) is 25.5. The molecule has 0 spiro atoms. The van der Waals surface area contributed by atoms with E-state index in [0.29, 0.717) is 53.8 Å². The highest BCUT2D eigenvalue weighted by Gasteiger charge is 2.37. The molecule has 4 heterocycles. The number of hydrogen-bond acceptors (Lipinski definition) is 5. The molecule has 6 rings (SSSR count). The van der Waals surface area contributed by atoms with E-state index in [1.807, 2.05) is 9.47 Å². The zero-order valence-corrected chi connectivity index (χ0v) is 20.8. The van der Waals surface area contributed by atoms with Gasteiger partial charge in [0, 0.05) is 38.2 Å². The van der Waals surface area contributed by atoms with Gasteiger partial charge in [-0.2, -0.15) is 0 Å². The number of piperidine rings is 1. The maximum absolute atomic E-state index is 13.3. The third-order valence-electron chi connectivity index (χ3n) is 8.03. The molecule has 3 aliphatic heterocycles. The Balaban J connectivity index is 1.14. The number of aryl methyl sites for hydroxylation is 1. The Kier molecular flexibility index (Phi) is 6.10. The summed E-state index contributed by atoms with van der Waals surface area (Å²) in [7, 11) is 0. The molecule has 1 saturated heterocycles. The van der Waals surface area contributed by atoms with Crippen molar-refractivity contribution in [1.82, 2.24) is 19.4 Å². The van der Waals surface area contributed by atoms with Gasteiger partial charge in [-0.05, 0) is 61.9 Å². The standard InChI is InChI=1S/C29H30N4O4/c34-26(20-10-11-23-24(17-20)30-25-9-3-1-2-6-14-32(25)29(23)37)31-15-12-19(13-16-31)18-33-27(35)21-7-4-5-8-22(21)28(33)36/h4-5,7-8,10-11,17,19H,1-3,6,9,12-16,18H2. The Morgan fingerprint density at radius 2 is 1.57 bits per heavy atom. The van der Waals surface area contributed by atoms with Crippen LogP contribution >= 0.6 is 0 Å². The van der Waals surface area contributed by atoms with Gasteiger partial charge < -0.3 is 4.90 Å². The molecular weight excluding hydrogens is 468 g/mol. The number of imide groups is 1. The van der Waals surface area contributed by atoms with Gasteiger partial charge >= 0.3 is 0 Å². The van der Waals surface area contributed by atoms with E-state index in [1.165, 1.54) is 4.90 Å². The van der Waals surface area contributed by atoms with E-state index in [-0.39, 0.29) is 29.2 Å². The third kappa shape index (κ3) is 4.24. The summed E-state index contributed by atoms with van der Waals surface area (Å²) in [6.07, 6.45) is 6.51. The number of hydrogen-bond donors (Lipinski definition) is 0. The van der Waals surface area contributed by atoms with Crippen molar-refractivity contribution in [2.45, 2.75) is 51.5 Å². The molecule has 8 nitrogen and oxygen atoms in total. The molecule has 0 bridgehead atoms. The van der Waals surface area contributed by atoms with Gasteiger partial charge in [-0.1, -0.05) is 25.0 Å². The molecule has 0 radical (unpaired) electrons. The first-order valence-electron chi connectivity index (χ1n) is 13.3. The second-order valence-electron chi connectivity index (χ2n) is 10.4. The molecule has 2 aromatic carbocycles. The van der Waals surface area contributed by atoms with Crippen LogP contribution < -0.4 is 5.56 Å². The zero-order valence-electron chi connectivity index (χ0n) is 20.8. The molecular formula is C29H30N4O4. The van der Waals surface area contributed by atoms with Crippen LogP contribution in [0.5, 0.6) is 0 Å². The van der Waals surface area contributed by atoms with Gasteiger partial charge in [0.05, 0.1) is 22.0 Å². The highest BCUT2D eigenvalue weighted by molar-refractivity contribution is 6.21. The predicted molar refractivity (Wildman–Crippen MR) is 139 cm³/mol. The van der Waals surface area contributed by atoms with Crippen molar-refractivity contribution in [2.24, 2.45) is 5.92 Å². The molecule has 8 heteroatoms. The average Bonchev–Trinajstić information content (AvgIpc) is 3.14. The summed E-state index contributed by atoms with van der Waals surface area (Å²) >= 11 is 0. The first kappa shape index (κ1) is 23.6. The van der Waals surface area contributed by atoms with E-state index in [2.05, 4.69) is 0 Å². The molecule has 190 valence electrons. The molecule has 3 aromatic rings. The van der Waals surface area contributed by atoms with Crippen molar-refractivity contribution in [3.63, 3.8) is 0 Å². The van der Waals surface area contributed by atoms with Gasteiger partial charge in [-0.3, -0.25) is 28.6 Å². The summed E-state index contributed by atoms with van der Waals surface area (Å²) < 4.78 is 1.81. The van der Waals surface area contributed by atoms with Crippen LogP contribution in [0.4, 0.5) is 0 Å². The summed E-state index contributed by atoms with van der Waals surface area (Å²) in [6, 6.07) is 12.2. The van der Waals surface area contributed by atoms with Crippen LogP contribution in [0.3, 0.4) is 0 Å². The topological polar surface area (TPSA) is 92.6 Å². The minimum Gasteiger partial charge on any atom is -0.339 e. The van der Waals surface area contributed by atoms with E-state index in [0.717, 1.165) is 50.8 Å². The SMILES string of the molecule is O=C(c1ccc2c(=O)n3c(nc2c1)CCCCCC3)N1CCC(CN2C(=O)c3ccccc3C2=O)CC1. The Labute approximate surface area is 214 Å². The van der Waals surface area contributed by atoms with Gasteiger partial charge in [0.2, 0.25) is 0 Å². The van der Waals surface area contributed by atoms with Gasteiger partial charge in [-0.15, -0.1) is 0 Å². The molecule has 0 aliphatic carbocycles. The lowest BCUT2D eigenvalue weighted by Crippen LogP contribution is -2.42. The van der Waals surface area contributed by atoms with Crippen molar-refractivity contribution in [2.75, 3.05) is 19.6 Å². The van der Waals surface area contributed by atoms with E-state index >= 15 is 0 Å². The molecule has 3 amide bonds. The molecule has 0 saturated carbocycles. The molecule has 1 fully saturated rings. The number of fused-ring (bicyclic) bond motifs is 3. The molecule has 37 heavy (non-hydrogen) atoms. The highest BCUT2D eigenvalue weighted by atomic mass is 16.2. The summed E-state index contributed by atoms with van der Waals surface area (Å²) in [5, 5.41) is 0.556. The second kappa shape index (κ2) is 9.57. The van der Waals surface area contributed by atoms with Crippen molar-refractivity contribution in [3.8, 4) is 0 Å². The fourth-order valence-electron chi connectivity index (χ4n) is 5.89. The van der Waals surface area contributed by atoms with Crippen LogP contribution in [0.25, 0.3) is 10.9 Å². The van der Waals surface area contributed by atoms with Crippen LogP contribution in [0.15, 0.2) is 47.3 Å². The minimum absolute atomic E-state index is 0.0186. The normalized spacial score (nSPS) is 18.5. The fourth-order valence-corrected chi connectivity index (χ4v) is 5.89. The molecule has 3 aliphatic rings. The second-order valence-corrected chi connectivity index (χ2v) is 10.4. The van der Waals surface area contributed by atoms with Gasteiger partial charge in [0.15, 0.2) is 0 Å². The maximum atomic E-state index is 13.3. The summed E-state index contributed by atoms with van der Waals surface area (Å²) in [4.78, 5) is 59.8. The summed E-state index contributed by atoms with van der Waals surface area (Å²) in [5.41, 5.74) is 2.04. The quantitative estimate of drug-likeness (QED) is 0.514. The first-order chi connectivity index (χ1) is 18.0. The van der Waals surface area contributed by atoms with Crippen LogP contribution in [-0.4, -0.2) is 56.7 Å². The monoisotopic (exact) mass is 498 g/mol. The van der Waals surface area contributed by atoms with Gasteiger partial charge in [-0.25, -0.2) is 4.98 Å². The number of benzene rings is 2. The van der Waals surface area contributed by atoms with Crippen molar-refractivity contribution < 1.29 is 14.4 Å². The van der Waals surface area contributed by atoms with Crippen LogP contribution in [0.2, 0.25) is 0 Å². The molecule has 0 unspecified atom stereocenters. The first-order valence-corrected chi connectivity index (χ1v) is 13.3. The summed E-state index contributed by atoms with van der Waals surface area (Å²) in [6.45, 7) is 2.20. The number of rotatable bonds is 3. The minimum atomic E-state index is -0.229. The number of nitrogens with zero attached hydrogens (tertiary/aromatic N) is 4. The lowest BCUT2D eigenvalue weighted by molar-refractivity contribution is 0.0557. The van der Waals surface area contributed by atoms with Crippen molar-refractivity contribution in [3.05, 3.63) is 75.3 Å². The van der Waals surface area contributed by atoms with E-state index < -0.39 is 0 Å². The number of amides is 3. The van der Waals surface area contributed by atoms with Gasteiger partial charge in [0.1, 0.15) is 5.82 Å². The van der Waals surface area contributed by atoms with Crippen molar-refractivity contribution in [1.29, 1.82) is 0 Å². The lowest BCUT2D eigenvalue weighted by atomic mass is 9.95. The van der Waals surface area contributed by atoms with E-state index in [9.17, 15) is 19.2 Å². The van der Waals surface area contributed by atoms with Crippen LogP contribution in [0.1, 0.15) is 75.4 Å². The smallest absolute Gasteiger partial charge is 0.261 e. The van der Waals surface area contributed by atoms with E-state index in [4.69, 9.17) is 4.98 Å².